The molecular formula is C20H18N2O3. The highest BCUT2D eigenvalue weighted by atomic mass is 16.7. The van der Waals surface area contributed by atoms with Crippen molar-refractivity contribution in [3.8, 4) is 22.8 Å². The van der Waals surface area contributed by atoms with Gasteiger partial charge in [0.2, 0.25) is 6.79 Å². The van der Waals surface area contributed by atoms with E-state index >= 15 is 0 Å². The first kappa shape index (κ1) is 15.4. The van der Waals surface area contributed by atoms with Crippen molar-refractivity contribution < 1.29 is 14.3 Å². The molecule has 0 saturated carbocycles. The second kappa shape index (κ2) is 6.43. The third kappa shape index (κ3) is 2.89. The number of hydrogen-bond donors (Lipinski definition) is 1. The summed E-state index contributed by atoms with van der Waals surface area (Å²) in [6.07, 6.45) is 0.893. The number of nitrogens with zero attached hydrogens (tertiary/aromatic N) is 1. The minimum Gasteiger partial charge on any atom is -0.454 e. The van der Waals surface area contributed by atoms with Crippen LogP contribution in [0.1, 0.15) is 23.7 Å². The zero-order valence-corrected chi connectivity index (χ0v) is 13.9. The summed E-state index contributed by atoms with van der Waals surface area (Å²) in [5.41, 5.74) is 3.05. The van der Waals surface area contributed by atoms with Gasteiger partial charge in [0.15, 0.2) is 11.5 Å². The van der Waals surface area contributed by atoms with Gasteiger partial charge in [-0.05, 0) is 36.8 Å². The number of amides is 1. The summed E-state index contributed by atoms with van der Waals surface area (Å²) in [4.78, 5) is 17.3. The molecule has 1 amide bonds. The quantitative estimate of drug-likeness (QED) is 0.789. The van der Waals surface area contributed by atoms with Crippen molar-refractivity contribution in [1.82, 2.24) is 10.3 Å². The third-order valence-electron chi connectivity index (χ3n) is 4.16. The van der Waals surface area contributed by atoms with Crippen molar-refractivity contribution in [2.24, 2.45) is 0 Å². The Bertz CT molecular complexity index is 953. The summed E-state index contributed by atoms with van der Waals surface area (Å²) in [6.45, 7) is 2.91. The lowest BCUT2D eigenvalue weighted by atomic mass is 10.0. The van der Waals surface area contributed by atoms with Gasteiger partial charge in [0.25, 0.3) is 5.91 Å². The van der Waals surface area contributed by atoms with E-state index in [2.05, 4.69) is 5.32 Å². The standard InChI is InChI=1S/C20H18N2O3/c1-2-9-21-20(23)15-11-17(22-16-6-4-3-5-14(15)16)13-7-8-18-19(10-13)25-12-24-18/h3-8,10-11H,2,9,12H2,1H3,(H,21,23). The van der Waals surface area contributed by atoms with Gasteiger partial charge in [-0.2, -0.15) is 0 Å². The molecule has 2 aromatic carbocycles. The van der Waals surface area contributed by atoms with Crippen LogP contribution in [0.4, 0.5) is 0 Å². The normalized spacial score (nSPS) is 12.4. The van der Waals surface area contributed by atoms with Crippen molar-refractivity contribution in [2.75, 3.05) is 13.3 Å². The van der Waals surface area contributed by atoms with Gasteiger partial charge in [-0.25, -0.2) is 4.98 Å². The fraction of sp³-hybridized carbons (Fsp3) is 0.200. The molecule has 0 aliphatic carbocycles. The maximum Gasteiger partial charge on any atom is 0.252 e. The molecule has 0 bridgehead atoms. The van der Waals surface area contributed by atoms with Crippen molar-refractivity contribution >= 4 is 16.8 Å². The van der Waals surface area contributed by atoms with Gasteiger partial charge in [0.05, 0.1) is 16.8 Å². The van der Waals surface area contributed by atoms with Crippen LogP contribution in [0.2, 0.25) is 0 Å². The van der Waals surface area contributed by atoms with Crippen LogP contribution in [-0.2, 0) is 0 Å². The topological polar surface area (TPSA) is 60.5 Å². The molecule has 5 nitrogen and oxygen atoms in total. The molecule has 126 valence electrons. The lowest BCUT2D eigenvalue weighted by Gasteiger charge is -2.10. The lowest BCUT2D eigenvalue weighted by Crippen LogP contribution is -2.24. The second-order valence-electron chi connectivity index (χ2n) is 5.90. The Kier molecular flexibility index (Phi) is 3.98. The van der Waals surface area contributed by atoms with Crippen LogP contribution in [0.3, 0.4) is 0 Å². The van der Waals surface area contributed by atoms with Gasteiger partial charge in [0, 0.05) is 17.5 Å². The summed E-state index contributed by atoms with van der Waals surface area (Å²) in [5, 5.41) is 3.80. The van der Waals surface area contributed by atoms with E-state index in [0.29, 0.717) is 17.9 Å². The van der Waals surface area contributed by atoms with E-state index in [-0.39, 0.29) is 12.7 Å². The van der Waals surface area contributed by atoms with E-state index in [1.54, 1.807) is 0 Å². The first-order valence-electron chi connectivity index (χ1n) is 8.34. The Morgan fingerprint density at radius 1 is 1.12 bits per heavy atom. The molecule has 1 aliphatic rings. The Hall–Kier alpha value is -3.08. The number of carbonyl (C=O) groups is 1. The van der Waals surface area contributed by atoms with Crippen molar-refractivity contribution in [3.05, 3.63) is 54.1 Å². The van der Waals surface area contributed by atoms with E-state index in [4.69, 9.17) is 14.5 Å². The van der Waals surface area contributed by atoms with Gasteiger partial charge < -0.3 is 14.8 Å². The summed E-state index contributed by atoms with van der Waals surface area (Å²) in [6, 6.07) is 15.2. The highest BCUT2D eigenvalue weighted by Gasteiger charge is 2.17. The number of carbonyl (C=O) groups excluding carboxylic acids is 1. The van der Waals surface area contributed by atoms with E-state index in [9.17, 15) is 4.79 Å². The molecule has 25 heavy (non-hydrogen) atoms. The molecule has 1 N–H and O–H groups in total. The van der Waals surface area contributed by atoms with E-state index in [0.717, 1.165) is 34.3 Å². The summed E-state index contributed by atoms with van der Waals surface area (Å²) >= 11 is 0. The van der Waals surface area contributed by atoms with Crippen molar-refractivity contribution in [2.45, 2.75) is 13.3 Å². The predicted molar refractivity (Wildman–Crippen MR) is 95.9 cm³/mol. The zero-order valence-electron chi connectivity index (χ0n) is 13.9. The molecule has 0 radical (unpaired) electrons. The van der Waals surface area contributed by atoms with Crippen LogP contribution >= 0.6 is 0 Å². The van der Waals surface area contributed by atoms with Crippen LogP contribution in [-0.4, -0.2) is 24.2 Å². The van der Waals surface area contributed by atoms with E-state index < -0.39 is 0 Å². The molecule has 4 rings (SSSR count). The number of rotatable bonds is 4. The molecule has 0 saturated heterocycles. The predicted octanol–water partition coefficient (Wildman–Crippen LogP) is 3.77. The SMILES string of the molecule is CCCNC(=O)c1cc(-c2ccc3c(c2)OCO3)nc2ccccc12. The molecule has 5 heteroatoms. The highest BCUT2D eigenvalue weighted by Crippen LogP contribution is 2.36. The number of fused-ring (bicyclic) bond motifs is 2. The van der Waals surface area contributed by atoms with E-state index in [1.807, 2.05) is 55.5 Å². The first-order chi connectivity index (χ1) is 12.3. The molecule has 3 aromatic rings. The summed E-state index contributed by atoms with van der Waals surface area (Å²) < 4.78 is 10.8. The summed E-state index contributed by atoms with van der Waals surface area (Å²) in [7, 11) is 0. The fourth-order valence-corrected chi connectivity index (χ4v) is 2.90. The number of ether oxygens (including phenoxy) is 2. The molecule has 2 heterocycles. The maximum atomic E-state index is 12.6. The van der Waals surface area contributed by atoms with Crippen LogP contribution in [0.15, 0.2) is 48.5 Å². The molecule has 1 aromatic heterocycles. The molecule has 0 atom stereocenters. The number of para-hydroxylation sites is 1. The lowest BCUT2D eigenvalue weighted by molar-refractivity contribution is 0.0955. The van der Waals surface area contributed by atoms with Gasteiger partial charge in [-0.1, -0.05) is 25.1 Å². The molecule has 1 aliphatic heterocycles. The smallest absolute Gasteiger partial charge is 0.252 e. The minimum absolute atomic E-state index is 0.0811. The Morgan fingerprint density at radius 2 is 1.96 bits per heavy atom. The second-order valence-corrected chi connectivity index (χ2v) is 5.90. The molecule has 0 spiro atoms. The van der Waals surface area contributed by atoms with Crippen LogP contribution in [0, 0.1) is 0 Å². The number of pyridine rings is 1. The van der Waals surface area contributed by atoms with Gasteiger partial charge >= 0.3 is 0 Å². The zero-order chi connectivity index (χ0) is 17.2. The maximum absolute atomic E-state index is 12.6. The fourth-order valence-electron chi connectivity index (χ4n) is 2.90. The summed E-state index contributed by atoms with van der Waals surface area (Å²) in [5.74, 6) is 1.34. The number of benzene rings is 2. The van der Waals surface area contributed by atoms with Crippen LogP contribution < -0.4 is 14.8 Å². The Morgan fingerprint density at radius 3 is 2.84 bits per heavy atom. The van der Waals surface area contributed by atoms with E-state index in [1.165, 1.54) is 0 Å². The van der Waals surface area contributed by atoms with Crippen molar-refractivity contribution in [1.29, 1.82) is 0 Å². The average molecular weight is 334 g/mol. The largest absolute Gasteiger partial charge is 0.454 e. The number of nitrogens with one attached hydrogen (secondary N) is 1. The minimum atomic E-state index is -0.0811. The third-order valence-corrected chi connectivity index (χ3v) is 4.16. The highest BCUT2D eigenvalue weighted by molar-refractivity contribution is 6.07. The molecule has 0 unspecified atom stereocenters. The van der Waals surface area contributed by atoms with Crippen LogP contribution in [0.25, 0.3) is 22.2 Å². The Labute approximate surface area is 145 Å². The van der Waals surface area contributed by atoms with Gasteiger partial charge in [0.1, 0.15) is 0 Å². The van der Waals surface area contributed by atoms with Crippen LogP contribution in [0.5, 0.6) is 11.5 Å². The first-order valence-corrected chi connectivity index (χ1v) is 8.34. The average Bonchev–Trinajstić information content (AvgIpc) is 3.13. The molecule has 0 fully saturated rings. The Balaban J connectivity index is 1.83. The number of aromatic nitrogens is 1. The number of hydrogen-bond acceptors (Lipinski definition) is 4. The molecular weight excluding hydrogens is 316 g/mol. The van der Waals surface area contributed by atoms with Gasteiger partial charge in [-0.15, -0.1) is 0 Å². The monoisotopic (exact) mass is 334 g/mol. The van der Waals surface area contributed by atoms with Crippen molar-refractivity contribution in [3.63, 3.8) is 0 Å². The van der Waals surface area contributed by atoms with Gasteiger partial charge in [-0.3, -0.25) is 4.79 Å².